The van der Waals surface area contributed by atoms with Crippen LogP contribution in [0.4, 0.5) is 5.82 Å². The largest absolute Gasteiger partial charge is 0.388 e. The Labute approximate surface area is 148 Å². The summed E-state index contributed by atoms with van der Waals surface area (Å²) in [5.74, 6) is 0.262. The van der Waals surface area contributed by atoms with Crippen molar-refractivity contribution in [1.82, 2.24) is 19.5 Å². The third kappa shape index (κ3) is 2.82. The van der Waals surface area contributed by atoms with Gasteiger partial charge < -0.3 is 20.7 Å². The fourth-order valence-corrected chi connectivity index (χ4v) is 3.95. The lowest BCUT2D eigenvalue weighted by atomic mass is 10.00. The van der Waals surface area contributed by atoms with Crippen LogP contribution in [0.2, 0.25) is 0 Å². The van der Waals surface area contributed by atoms with Gasteiger partial charge in [-0.3, -0.25) is 4.57 Å². The van der Waals surface area contributed by atoms with Gasteiger partial charge in [0.1, 0.15) is 24.1 Å². The zero-order valence-electron chi connectivity index (χ0n) is 13.6. The normalized spacial score (nSPS) is 32.3. The summed E-state index contributed by atoms with van der Waals surface area (Å²) in [5, 5.41) is 23.3. The molecule has 0 spiro atoms. The highest BCUT2D eigenvalue weighted by molar-refractivity contribution is 8.02. The Morgan fingerprint density at radius 2 is 2.12 bits per heavy atom. The topological polar surface area (TPSA) is 119 Å². The Bertz CT molecular complexity index is 851. The van der Waals surface area contributed by atoms with Gasteiger partial charge >= 0.3 is 0 Å². The minimum Gasteiger partial charge on any atom is -0.388 e. The zero-order chi connectivity index (χ0) is 17.6. The van der Waals surface area contributed by atoms with E-state index in [1.165, 1.54) is 18.2 Å². The predicted octanol–water partition coefficient (Wildman–Crippen LogP) is 0.993. The zero-order valence-corrected chi connectivity index (χ0v) is 14.4. The number of ether oxygens (including phenoxy) is 1. The Hall–Kier alpha value is -1.94. The van der Waals surface area contributed by atoms with Crippen molar-refractivity contribution < 1.29 is 14.9 Å². The van der Waals surface area contributed by atoms with E-state index >= 15 is 0 Å². The standard InChI is InChI=1S/C16H19N5O3S/c1-8-9(3-2-4-25-8)5-10-12(22)13(23)16(24-10)21-7-20-11-14(17)18-6-19-15(11)21/h2-4,6-8,10,12-13,16,22-23H,5H2,1H3,(H2,17,18,19)/t8?,10-,12-,13-,16-/m1/s1. The van der Waals surface area contributed by atoms with Crippen LogP contribution in [0.5, 0.6) is 0 Å². The smallest absolute Gasteiger partial charge is 0.167 e. The second-order valence-corrected chi connectivity index (χ2v) is 7.43. The Kier molecular flexibility index (Phi) is 4.24. The number of nitrogen functional groups attached to an aromatic ring is 1. The first-order chi connectivity index (χ1) is 12.1. The van der Waals surface area contributed by atoms with E-state index in [4.69, 9.17) is 10.5 Å². The van der Waals surface area contributed by atoms with Crippen molar-refractivity contribution in [3.05, 3.63) is 35.8 Å². The Morgan fingerprint density at radius 1 is 1.28 bits per heavy atom. The Balaban J connectivity index is 1.60. The highest BCUT2D eigenvalue weighted by Gasteiger charge is 2.44. The summed E-state index contributed by atoms with van der Waals surface area (Å²) >= 11 is 1.72. The van der Waals surface area contributed by atoms with Crippen LogP contribution >= 0.6 is 11.8 Å². The highest BCUT2D eigenvalue weighted by atomic mass is 32.2. The summed E-state index contributed by atoms with van der Waals surface area (Å²) < 4.78 is 7.57. The van der Waals surface area contributed by atoms with Crippen LogP contribution in [0, 0.1) is 0 Å². The van der Waals surface area contributed by atoms with Crippen LogP contribution in [0.3, 0.4) is 0 Å². The molecule has 25 heavy (non-hydrogen) atoms. The third-order valence-corrected chi connectivity index (χ3v) is 5.65. The molecule has 0 bridgehead atoms. The van der Waals surface area contributed by atoms with E-state index < -0.39 is 24.5 Å². The molecule has 0 saturated carbocycles. The van der Waals surface area contributed by atoms with Crippen molar-refractivity contribution in [2.45, 2.75) is 43.1 Å². The molecule has 5 atom stereocenters. The van der Waals surface area contributed by atoms with Crippen LogP contribution in [-0.4, -0.2) is 53.3 Å². The number of nitrogens with two attached hydrogens (primary N) is 1. The minimum absolute atomic E-state index is 0.262. The lowest BCUT2D eigenvalue weighted by Gasteiger charge is -2.21. The highest BCUT2D eigenvalue weighted by Crippen LogP contribution is 2.37. The number of anilines is 1. The molecule has 1 fully saturated rings. The molecule has 1 unspecified atom stereocenters. The molecule has 8 nitrogen and oxygen atoms in total. The number of thioether (sulfide) groups is 1. The molecule has 4 N–H and O–H groups in total. The summed E-state index contributed by atoms with van der Waals surface area (Å²) in [6, 6.07) is 0. The molecule has 2 aromatic rings. The summed E-state index contributed by atoms with van der Waals surface area (Å²) in [5.41, 5.74) is 7.88. The van der Waals surface area contributed by atoms with Crippen molar-refractivity contribution in [2.75, 3.05) is 5.73 Å². The number of imidazole rings is 1. The van der Waals surface area contributed by atoms with E-state index in [1.807, 2.05) is 17.6 Å². The maximum absolute atomic E-state index is 10.5. The van der Waals surface area contributed by atoms with Crippen LogP contribution in [0.15, 0.2) is 35.8 Å². The molecular formula is C16H19N5O3S. The van der Waals surface area contributed by atoms with Crippen LogP contribution in [0.25, 0.3) is 11.2 Å². The first-order valence-electron chi connectivity index (χ1n) is 8.02. The van der Waals surface area contributed by atoms with E-state index in [1.54, 1.807) is 16.3 Å². The fraction of sp³-hybridized carbons (Fsp3) is 0.438. The number of hydrogen-bond acceptors (Lipinski definition) is 8. The summed E-state index contributed by atoms with van der Waals surface area (Å²) in [4.78, 5) is 12.3. The second kappa shape index (κ2) is 6.41. The van der Waals surface area contributed by atoms with Gasteiger partial charge in [-0.1, -0.05) is 17.7 Å². The summed E-state index contributed by atoms with van der Waals surface area (Å²) in [6.45, 7) is 2.11. The van der Waals surface area contributed by atoms with Gasteiger partial charge in [-0.2, -0.15) is 0 Å². The molecule has 1 saturated heterocycles. The SMILES string of the molecule is CC1SC=CC=C1C[C@H]1O[C@@H](n2cnc3c(N)ncnc32)[C@H](O)[C@@H]1O. The monoisotopic (exact) mass is 361 g/mol. The molecule has 2 aliphatic rings. The first-order valence-corrected chi connectivity index (χ1v) is 8.96. The quantitative estimate of drug-likeness (QED) is 0.740. The number of allylic oxidation sites excluding steroid dienone is 2. The maximum Gasteiger partial charge on any atom is 0.167 e. The third-order valence-electron chi connectivity index (χ3n) is 4.63. The van der Waals surface area contributed by atoms with E-state index in [2.05, 4.69) is 21.9 Å². The van der Waals surface area contributed by atoms with Crippen LogP contribution in [-0.2, 0) is 4.74 Å². The number of rotatable bonds is 3. The lowest BCUT2D eigenvalue weighted by molar-refractivity contribution is -0.0345. The van der Waals surface area contributed by atoms with Crippen molar-refractivity contribution >= 4 is 28.7 Å². The van der Waals surface area contributed by atoms with Gasteiger partial charge in [0.05, 0.1) is 12.4 Å². The fourth-order valence-electron chi connectivity index (χ4n) is 3.20. The van der Waals surface area contributed by atoms with E-state index in [-0.39, 0.29) is 5.82 Å². The van der Waals surface area contributed by atoms with Crippen LogP contribution in [0.1, 0.15) is 19.6 Å². The molecule has 0 aromatic carbocycles. The van der Waals surface area contributed by atoms with Crippen molar-refractivity contribution in [2.24, 2.45) is 0 Å². The molecule has 132 valence electrons. The predicted molar refractivity (Wildman–Crippen MR) is 94.6 cm³/mol. The molecular weight excluding hydrogens is 342 g/mol. The van der Waals surface area contributed by atoms with Gasteiger partial charge in [0.2, 0.25) is 0 Å². The van der Waals surface area contributed by atoms with Gasteiger partial charge in [-0.25, -0.2) is 15.0 Å². The number of fused-ring (bicyclic) bond motifs is 1. The molecule has 0 amide bonds. The maximum atomic E-state index is 10.5. The average molecular weight is 361 g/mol. The van der Waals surface area contributed by atoms with Gasteiger partial charge in [-0.15, -0.1) is 11.8 Å². The summed E-state index contributed by atoms with van der Waals surface area (Å²) in [7, 11) is 0. The number of nitrogens with zero attached hydrogens (tertiary/aromatic N) is 4. The molecule has 0 radical (unpaired) electrons. The average Bonchev–Trinajstić information content (AvgIpc) is 3.14. The van der Waals surface area contributed by atoms with Crippen molar-refractivity contribution in [3.63, 3.8) is 0 Å². The van der Waals surface area contributed by atoms with Crippen molar-refractivity contribution in [3.8, 4) is 0 Å². The molecule has 4 rings (SSSR count). The minimum atomic E-state index is -1.08. The summed E-state index contributed by atoms with van der Waals surface area (Å²) in [6.07, 6.45) is 4.06. The van der Waals surface area contributed by atoms with Crippen molar-refractivity contribution in [1.29, 1.82) is 0 Å². The Morgan fingerprint density at radius 3 is 2.92 bits per heavy atom. The number of aliphatic hydroxyl groups is 2. The van der Waals surface area contributed by atoms with Gasteiger partial charge in [0.15, 0.2) is 17.7 Å². The van der Waals surface area contributed by atoms with E-state index in [9.17, 15) is 10.2 Å². The number of aromatic nitrogens is 4. The molecule has 9 heteroatoms. The molecule has 4 heterocycles. The molecule has 0 aliphatic carbocycles. The van der Waals surface area contributed by atoms with Gasteiger partial charge in [-0.05, 0) is 18.8 Å². The van der Waals surface area contributed by atoms with E-state index in [0.717, 1.165) is 0 Å². The van der Waals surface area contributed by atoms with Gasteiger partial charge in [0.25, 0.3) is 0 Å². The van der Waals surface area contributed by atoms with Crippen LogP contribution < -0.4 is 5.73 Å². The second-order valence-electron chi connectivity index (χ2n) is 6.18. The van der Waals surface area contributed by atoms with E-state index in [0.29, 0.717) is 22.8 Å². The molecule has 2 aliphatic heterocycles. The lowest BCUT2D eigenvalue weighted by Crippen LogP contribution is -2.32. The van der Waals surface area contributed by atoms with Gasteiger partial charge in [0, 0.05) is 5.25 Å². The first kappa shape index (κ1) is 16.5. The number of aliphatic hydroxyl groups excluding tert-OH is 2. The number of hydrogen-bond donors (Lipinski definition) is 3. The molecule has 2 aromatic heterocycles.